The molecule has 0 atom stereocenters. The fraction of sp³-hybridized carbons (Fsp3) is 0.650. The Morgan fingerprint density at radius 3 is 2.44 bits per heavy atom. The Morgan fingerprint density at radius 1 is 1.11 bits per heavy atom. The highest BCUT2D eigenvalue weighted by atomic mass is 19.1. The van der Waals surface area contributed by atoms with E-state index in [2.05, 4.69) is 20.4 Å². The zero-order valence-corrected chi connectivity index (χ0v) is 15.8. The highest BCUT2D eigenvalue weighted by Crippen LogP contribution is 2.36. The molecule has 2 N–H and O–H groups in total. The zero-order valence-electron chi connectivity index (χ0n) is 15.8. The number of hydrogen-bond acceptors (Lipinski definition) is 5. The molecule has 3 aliphatic heterocycles. The first-order chi connectivity index (χ1) is 13.2. The number of fused-ring (bicyclic) bond motifs is 1. The van der Waals surface area contributed by atoms with E-state index in [4.69, 9.17) is 4.74 Å². The number of piperazine rings is 1. The van der Waals surface area contributed by atoms with Crippen LogP contribution in [-0.4, -0.2) is 81.2 Å². The van der Waals surface area contributed by atoms with Crippen LogP contribution in [0.3, 0.4) is 0 Å². The Morgan fingerprint density at radius 2 is 1.78 bits per heavy atom. The van der Waals surface area contributed by atoms with Crippen LogP contribution in [0, 0.1) is 17.2 Å². The SMILES string of the molecule is O=C(N1CCN(CCCOc2ccc(F)cc2)CC1)C12CNCC1CNC2. The molecule has 7 heteroatoms. The third kappa shape index (κ3) is 3.95. The van der Waals surface area contributed by atoms with E-state index in [-0.39, 0.29) is 11.2 Å². The van der Waals surface area contributed by atoms with E-state index in [1.54, 1.807) is 12.1 Å². The molecule has 0 aliphatic carbocycles. The van der Waals surface area contributed by atoms with Gasteiger partial charge in [0, 0.05) is 64.8 Å². The van der Waals surface area contributed by atoms with Gasteiger partial charge in [-0.3, -0.25) is 9.69 Å². The number of carbonyl (C=O) groups is 1. The fourth-order valence-electron chi connectivity index (χ4n) is 4.58. The molecule has 3 aliphatic rings. The van der Waals surface area contributed by atoms with Crippen LogP contribution < -0.4 is 15.4 Å². The van der Waals surface area contributed by atoms with Crippen molar-refractivity contribution in [1.82, 2.24) is 20.4 Å². The fourth-order valence-corrected chi connectivity index (χ4v) is 4.58. The smallest absolute Gasteiger partial charge is 0.231 e. The van der Waals surface area contributed by atoms with E-state index in [1.165, 1.54) is 12.1 Å². The van der Waals surface area contributed by atoms with E-state index < -0.39 is 0 Å². The van der Waals surface area contributed by atoms with Gasteiger partial charge in [-0.2, -0.15) is 0 Å². The lowest BCUT2D eigenvalue weighted by molar-refractivity contribution is -0.143. The van der Waals surface area contributed by atoms with Crippen molar-refractivity contribution >= 4 is 5.91 Å². The van der Waals surface area contributed by atoms with Gasteiger partial charge in [-0.1, -0.05) is 0 Å². The molecular weight excluding hydrogens is 347 g/mol. The number of ether oxygens (including phenoxy) is 1. The number of benzene rings is 1. The topological polar surface area (TPSA) is 56.8 Å². The number of nitrogens with zero attached hydrogens (tertiary/aromatic N) is 2. The maximum absolute atomic E-state index is 13.1. The van der Waals surface area contributed by atoms with Gasteiger partial charge in [-0.05, 0) is 30.7 Å². The van der Waals surface area contributed by atoms with Crippen LogP contribution in [0.25, 0.3) is 0 Å². The molecule has 0 bridgehead atoms. The summed E-state index contributed by atoms with van der Waals surface area (Å²) in [4.78, 5) is 17.6. The Balaban J connectivity index is 1.18. The van der Waals surface area contributed by atoms with Crippen LogP contribution in [0.2, 0.25) is 0 Å². The van der Waals surface area contributed by atoms with Gasteiger partial charge in [0.1, 0.15) is 11.6 Å². The number of carbonyl (C=O) groups excluding carboxylic acids is 1. The number of hydrogen-bond donors (Lipinski definition) is 2. The van der Waals surface area contributed by atoms with Crippen LogP contribution >= 0.6 is 0 Å². The number of rotatable bonds is 6. The molecule has 0 radical (unpaired) electrons. The summed E-state index contributed by atoms with van der Waals surface area (Å²) < 4.78 is 18.5. The molecule has 6 nitrogen and oxygen atoms in total. The second-order valence-corrected chi connectivity index (χ2v) is 7.90. The molecule has 3 heterocycles. The maximum Gasteiger partial charge on any atom is 0.231 e. The summed E-state index contributed by atoms with van der Waals surface area (Å²) in [7, 11) is 0. The van der Waals surface area contributed by atoms with E-state index in [1.807, 2.05) is 0 Å². The van der Waals surface area contributed by atoms with Crippen molar-refractivity contribution < 1.29 is 13.9 Å². The molecule has 148 valence electrons. The standard InChI is InChI=1S/C20H29FN4O2/c21-17-2-4-18(5-3-17)27-11-1-6-24-7-9-25(10-8-24)19(26)20-14-22-12-16(20)13-23-15-20/h2-5,16,22-23H,1,6-15H2. The van der Waals surface area contributed by atoms with Crippen LogP contribution in [-0.2, 0) is 4.79 Å². The molecule has 1 aromatic carbocycles. The molecule has 1 amide bonds. The molecule has 0 unspecified atom stereocenters. The molecule has 0 spiro atoms. The quantitative estimate of drug-likeness (QED) is 0.710. The van der Waals surface area contributed by atoms with E-state index >= 15 is 0 Å². The molecule has 3 saturated heterocycles. The van der Waals surface area contributed by atoms with Crippen LogP contribution in [0.1, 0.15) is 6.42 Å². The van der Waals surface area contributed by atoms with Gasteiger partial charge in [-0.25, -0.2) is 4.39 Å². The minimum Gasteiger partial charge on any atom is -0.494 e. The van der Waals surface area contributed by atoms with Crippen molar-refractivity contribution in [1.29, 1.82) is 0 Å². The van der Waals surface area contributed by atoms with Crippen molar-refractivity contribution in [3.63, 3.8) is 0 Å². The Labute approximate surface area is 160 Å². The second kappa shape index (κ2) is 8.12. The lowest BCUT2D eigenvalue weighted by Crippen LogP contribution is -2.55. The Bertz CT molecular complexity index is 636. The monoisotopic (exact) mass is 376 g/mol. The second-order valence-electron chi connectivity index (χ2n) is 7.90. The maximum atomic E-state index is 13.1. The summed E-state index contributed by atoms with van der Waals surface area (Å²) >= 11 is 0. The van der Waals surface area contributed by atoms with Gasteiger partial charge in [0.05, 0.1) is 12.0 Å². The summed E-state index contributed by atoms with van der Waals surface area (Å²) in [6.07, 6.45) is 0.922. The third-order valence-corrected chi connectivity index (χ3v) is 6.23. The predicted molar refractivity (Wildman–Crippen MR) is 101 cm³/mol. The van der Waals surface area contributed by atoms with Crippen molar-refractivity contribution in [2.45, 2.75) is 6.42 Å². The summed E-state index contributed by atoms with van der Waals surface area (Å²) in [6, 6.07) is 6.13. The minimum absolute atomic E-state index is 0.217. The van der Waals surface area contributed by atoms with Crippen molar-refractivity contribution in [3.8, 4) is 5.75 Å². The van der Waals surface area contributed by atoms with E-state index in [9.17, 15) is 9.18 Å². The van der Waals surface area contributed by atoms with E-state index in [0.717, 1.165) is 65.3 Å². The third-order valence-electron chi connectivity index (χ3n) is 6.23. The Kier molecular flexibility index (Phi) is 5.61. The van der Waals surface area contributed by atoms with Gasteiger partial charge in [0.15, 0.2) is 0 Å². The molecule has 0 saturated carbocycles. The summed E-state index contributed by atoms with van der Waals surface area (Å²) in [6.45, 7) is 8.56. The first kappa shape index (κ1) is 18.7. The Hall–Kier alpha value is -1.70. The molecule has 3 fully saturated rings. The van der Waals surface area contributed by atoms with Gasteiger partial charge in [0.2, 0.25) is 5.91 Å². The summed E-state index contributed by atoms with van der Waals surface area (Å²) in [5.41, 5.74) is -0.217. The first-order valence-electron chi connectivity index (χ1n) is 9.99. The van der Waals surface area contributed by atoms with Gasteiger partial charge in [0.25, 0.3) is 0 Å². The molecular formula is C20H29FN4O2. The number of amides is 1. The predicted octanol–water partition coefficient (Wildman–Crippen LogP) is 0.548. The first-order valence-corrected chi connectivity index (χ1v) is 9.99. The summed E-state index contributed by atoms with van der Waals surface area (Å²) in [5, 5.41) is 6.82. The summed E-state index contributed by atoms with van der Waals surface area (Å²) in [5.74, 6) is 1.23. The van der Waals surface area contributed by atoms with Crippen molar-refractivity contribution in [2.75, 3.05) is 65.5 Å². The van der Waals surface area contributed by atoms with Gasteiger partial charge >= 0.3 is 0 Å². The van der Waals surface area contributed by atoms with Crippen molar-refractivity contribution in [2.24, 2.45) is 11.3 Å². The number of halogens is 1. The molecule has 1 aromatic rings. The van der Waals surface area contributed by atoms with Crippen LogP contribution in [0.5, 0.6) is 5.75 Å². The average molecular weight is 376 g/mol. The van der Waals surface area contributed by atoms with Gasteiger partial charge in [-0.15, -0.1) is 0 Å². The lowest BCUT2D eigenvalue weighted by atomic mass is 9.79. The van der Waals surface area contributed by atoms with Crippen LogP contribution in [0.15, 0.2) is 24.3 Å². The largest absolute Gasteiger partial charge is 0.494 e. The zero-order chi connectivity index (χ0) is 18.7. The average Bonchev–Trinajstić information content (AvgIpc) is 3.28. The molecule has 0 aromatic heterocycles. The lowest BCUT2D eigenvalue weighted by Gasteiger charge is -2.39. The highest BCUT2D eigenvalue weighted by Gasteiger charge is 2.53. The molecule has 27 heavy (non-hydrogen) atoms. The number of nitrogens with one attached hydrogen (secondary N) is 2. The van der Waals surface area contributed by atoms with Crippen molar-refractivity contribution in [3.05, 3.63) is 30.1 Å². The highest BCUT2D eigenvalue weighted by molar-refractivity contribution is 5.84. The minimum atomic E-state index is -0.248. The van der Waals surface area contributed by atoms with Gasteiger partial charge < -0.3 is 20.3 Å². The molecule has 4 rings (SSSR count). The van der Waals surface area contributed by atoms with E-state index in [0.29, 0.717) is 24.2 Å². The van der Waals surface area contributed by atoms with Crippen LogP contribution in [0.4, 0.5) is 4.39 Å². The normalized spacial score (nSPS) is 28.3.